The quantitative estimate of drug-likeness (QED) is 0.454. The minimum absolute atomic E-state index is 0.0479. The van der Waals surface area contributed by atoms with Crippen LogP contribution in [0.1, 0.15) is 27.7 Å². The number of aliphatic hydroxyl groups is 1. The highest BCUT2D eigenvalue weighted by Gasteiger charge is 2.50. The normalized spacial score (nSPS) is 21.4. The van der Waals surface area contributed by atoms with Crippen LogP contribution in [0.3, 0.4) is 0 Å². The first-order chi connectivity index (χ1) is 12.8. The highest BCUT2D eigenvalue weighted by molar-refractivity contribution is 6.99. The number of aliphatic hydroxyl groups excluding tert-OH is 1. The fraction of sp³-hybridized carbons (Fsp3) is 0.391. The van der Waals surface area contributed by atoms with Crippen LogP contribution in [0, 0.1) is 0 Å². The second-order valence-corrected chi connectivity index (χ2v) is 12.8. The van der Waals surface area contributed by atoms with Gasteiger partial charge in [0, 0.05) is 0 Å². The van der Waals surface area contributed by atoms with E-state index in [4.69, 9.17) is 9.16 Å². The highest BCUT2D eigenvalue weighted by atomic mass is 28.4. The molecule has 0 unspecified atom stereocenters. The zero-order chi connectivity index (χ0) is 19.5. The molecule has 1 saturated heterocycles. The van der Waals surface area contributed by atoms with Crippen LogP contribution >= 0.6 is 0 Å². The van der Waals surface area contributed by atoms with Crippen molar-refractivity contribution in [1.82, 2.24) is 0 Å². The maximum absolute atomic E-state index is 10.2. The summed E-state index contributed by atoms with van der Waals surface area (Å²) in [5.74, 6) is 0. The zero-order valence-corrected chi connectivity index (χ0v) is 17.7. The molecule has 4 heteroatoms. The average molecular weight is 383 g/mol. The van der Waals surface area contributed by atoms with Gasteiger partial charge >= 0.3 is 0 Å². The maximum Gasteiger partial charge on any atom is 0.261 e. The molecule has 0 aromatic heterocycles. The molecule has 0 bridgehead atoms. The molecule has 0 aliphatic carbocycles. The van der Waals surface area contributed by atoms with Crippen LogP contribution in [0.5, 0.6) is 0 Å². The molecule has 0 radical (unpaired) electrons. The van der Waals surface area contributed by atoms with Crippen molar-refractivity contribution >= 4 is 18.7 Å². The van der Waals surface area contributed by atoms with E-state index in [0.717, 1.165) is 0 Å². The van der Waals surface area contributed by atoms with E-state index in [1.54, 1.807) is 6.08 Å². The monoisotopic (exact) mass is 382 g/mol. The fourth-order valence-electron chi connectivity index (χ4n) is 3.61. The third-order valence-electron chi connectivity index (χ3n) is 5.36. The van der Waals surface area contributed by atoms with E-state index >= 15 is 0 Å². The predicted octanol–water partition coefficient (Wildman–Crippen LogP) is 3.27. The van der Waals surface area contributed by atoms with Crippen molar-refractivity contribution in [2.24, 2.45) is 0 Å². The van der Waals surface area contributed by atoms with E-state index < -0.39 is 20.0 Å². The molecule has 1 aliphatic rings. The van der Waals surface area contributed by atoms with Crippen LogP contribution in [-0.2, 0) is 9.16 Å². The zero-order valence-electron chi connectivity index (χ0n) is 16.7. The molecule has 2 aromatic rings. The molecular weight excluding hydrogens is 352 g/mol. The van der Waals surface area contributed by atoms with Gasteiger partial charge in [0.2, 0.25) is 0 Å². The van der Waals surface area contributed by atoms with E-state index in [0.29, 0.717) is 13.2 Å². The van der Waals surface area contributed by atoms with E-state index in [1.165, 1.54) is 10.4 Å². The van der Waals surface area contributed by atoms with Gasteiger partial charge in [0.1, 0.15) is 11.7 Å². The van der Waals surface area contributed by atoms with Gasteiger partial charge in [-0.3, -0.25) is 0 Å². The molecule has 144 valence electrons. The lowest BCUT2D eigenvalue weighted by Crippen LogP contribution is -2.66. The third kappa shape index (κ3) is 4.09. The summed E-state index contributed by atoms with van der Waals surface area (Å²) in [5.41, 5.74) is -0.423. The van der Waals surface area contributed by atoms with Crippen molar-refractivity contribution in [2.45, 2.75) is 44.4 Å². The Bertz CT molecular complexity index is 722. The van der Waals surface area contributed by atoms with E-state index in [1.807, 2.05) is 25.1 Å². The first kappa shape index (κ1) is 20.0. The summed E-state index contributed by atoms with van der Waals surface area (Å²) in [7, 11) is -2.52. The van der Waals surface area contributed by atoms with E-state index in [2.05, 4.69) is 69.3 Å². The van der Waals surface area contributed by atoms with Crippen LogP contribution in [-0.4, -0.2) is 38.3 Å². The van der Waals surface area contributed by atoms with Crippen molar-refractivity contribution in [3.05, 3.63) is 72.8 Å². The second kappa shape index (κ2) is 7.72. The van der Waals surface area contributed by atoms with Gasteiger partial charge in [-0.05, 0) is 22.3 Å². The summed E-state index contributed by atoms with van der Waals surface area (Å²) < 4.78 is 12.1. The van der Waals surface area contributed by atoms with Gasteiger partial charge in [0.15, 0.2) is 0 Å². The molecule has 2 atom stereocenters. The van der Waals surface area contributed by atoms with E-state index in [9.17, 15) is 5.11 Å². The number of hydrogen-bond acceptors (Lipinski definition) is 3. The minimum atomic E-state index is -2.52. The van der Waals surface area contributed by atoms with Crippen LogP contribution in [0.4, 0.5) is 0 Å². The molecule has 2 aromatic carbocycles. The lowest BCUT2D eigenvalue weighted by molar-refractivity contribution is 0.123. The van der Waals surface area contributed by atoms with Crippen LogP contribution < -0.4 is 10.4 Å². The Morgan fingerprint density at radius 1 is 1.07 bits per heavy atom. The van der Waals surface area contributed by atoms with Crippen molar-refractivity contribution in [2.75, 3.05) is 13.2 Å². The Hall–Kier alpha value is -1.72. The molecule has 0 amide bonds. The lowest BCUT2D eigenvalue weighted by atomic mass is 10.1. The Labute approximate surface area is 163 Å². The molecule has 3 nitrogen and oxygen atoms in total. The summed E-state index contributed by atoms with van der Waals surface area (Å²) in [6.45, 7) is 9.77. The number of hydrogen-bond donors (Lipinski definition) is 1. The molecule has 1 N–H and O–H groups in total. The topological polar surface area (TPSA) is 42.0 Å². The molecule has 0 spiro atoms. The first-order valence-corrected chi connectivity index (χ1v) is 11.4. The fourth-order valence-corrected chi connectivity index (χ4v) is 8.11. The van der Waals surface area contributed by atoms with E-state index in [-0.39, 0.29) is 5.04 Å². The standard InChI is InChI=1S/C23H30O3Si/c1-22(2,3)27(19-12-7-5-8-13-19,20-14-9-6-10-15-20)26-17-11-16-21(24)23(4)18-25-23/h5-16,21,24H,17-18H2,1-4H3/b16-11+/t21-,23+/m1/s1. The number of epoxide rings is 1. The number of rotatable bonds is 7. The maximum atomic E-state index is 10.2. The minimum Gasteiger partial charge on any atom is -0.404 e. The van der Waals surface area contributed by atoms with Gasteiger partial charge in [-0.15, -0.1) is 0 Å². The molecule has 0 saturated carbocycles. The molecule has 1 aliphatic heterocycles. The van der Waals surface area contributed by atoms with Crippen LogP contribution in [0.2, 0.25) is 5.04 Å². The van der Waals surface area contributed by atoms with Gasteiger partial charge in [-0.25, -0.2) is 0 Å². The van der Waals surface area contributed by atoms with Gasteiger partial charge in [0.05, 0.1) is 13.2 Å². The number of ether oxygens (including phenoxy) is 1. The van der Waals surface area contributed by atoms with Crippen molar-refractivity contribution in [1.29, 1.82) is 0 Å². The Kier molecular flexibility index (Phi) is 5.73. The van der Waals surface area contributed by atoms with Gasteiger partial charge in [0.25, 0.3) is 8.32 Å². The summed E-state index contributed by atoms with van der Waals surface area (Å²) in [4.78, 5) is 0. The summed E-state index contributed by atoms with van der Waals surface area (Å²) in [6.07, 6.45) is 3.13. The molecule has 27 heavy (non-hydrogen) atoms. The Morgan fingerprint density at radius 3 is 1.96 bits per heavy atom. The van der Waals surface area contributed by atoms with Crippen LogP contribution in [0.25, 0.3) is 0 Å². The van der Waals surface area contributed by atoms with Gasteiger partial charge in [-0.1, -0.05) is 93.6 Å². The summed E-state index contributed by atoms with van der Waals surface area (Å²) >= 11 is 0. The lowest BCUT2D eigenvalue weighted by Gasteiger charge is -2.42. The summed E-state index contributed by atoms with van der Waals surface area (Å²) in [5, 5.41) is 12.7. The van der Waals surface area contributed by atoms with Crippen molar-refractivity contribution < 1.29 is 14.3 Å². The first-order valence-electron chi connectivity index (χ1n) is 9.53. The molecule has 3 rings (SSSR count). The molecular formula is C23H30O3Si. The SMILES string of the molecule is CC(C)(C)[Si](OC/C=C/[C@@H](O)[C@]1(C)CO1)(c1ccccc1)c1ccccc1. The Balaban J connectivity index is 1.93. The largest absolute Gasteiger partial charge is 0.404 e. The third-order valence-corrected chi connectivity index (χ3v) is 10.4. The second-order valence-electron chi connectivity index (χ2n) is 8.45. The number of benzene rings is 2. The predicted molar refractivity (Wildman–Crippen MR) is 113 cm³/mol. The van der Waals surface area contributed by atoms with Crippen molar-refractivity contribution in [3.63, 3.8) is 0 Å². The molecule has 1 heterocycles. The Morgan fingerprint density at radius 2 is 1.56 bits per heavy atom. The average Bonchev–Trinajstić information content (AvgIpc) is 3.41. The van der Waals surface area contributed by atoms with Gasteiger partial charge in [-0.2, -0.15) is 0 Å². The molecule has 1 fully saturated rings. The van der Waals surface area contributed by atoms with Gasteiger partial charge < -0.3 is 14.3 Å². The summed E-state index contributed by atoms with van der Waals surface area (Å²) in [6, 6.07) is 21.2. The van der Waals surface area contributed by atoms with Crippen LogP contribution in [0.15, 0.2) is 72.8 Å². The van der Waals surface area contributed by atoms with Crippen molar-refractivity contribution in [3.8, 4) is 0 Å². The smallest absolute Gasteiger partial charge is 0.261 e. The highest BCUT2D eigenvalue weighted by Crippen LogP contribution is 2.36.